The fourth-order valence-electron chi connectivity index (χ4n) is 0.836. The van der Waals surface area contributed by atoms with Crippen LogP contribution >= 0.6 is 12.2 Å². The molecular weight excluding hydrogens is 204 g/mol. The van der Waals surface area contributed by atoms with Gasteiger partial charge in [0.05, 0.1) is 11.4 Å². The van der Waals surface area contributed by atoms with Crippen LogP contribution < -0.4 is 11.1 Å². The van der Waals surface area contributed by atoms with Gasteiger partial charge in [-0.25, -0.2) is 0 Å². The molecule has 0 bridgehead atoms. The molecule has 3 N–H and O–H groups in total. The van der Waals surface area contributed by atoms with Crippen molar-refractivity contribution in [3.8, 4) is 0 Å². The number of aromatic nitrogens is 2. The molecule has 1 rings (SSSR count). The number of carbonyl (C=O) groups excluding carboxylic acids is 1. The monoisotopic (exact) mass is 214 g/mol. The number of carbonyl (C=O) groups is 1. The Morgan fingerprint density at radius 1 is 1.71 bits per heavy atom. The van der Waals surface area contributed by atoms with Crippen molar-refractivity contribution in [1.82, 2.24) is 15.5 Å². The Balaban J connectivity index is 2.15. The molecule has 0 saturated heterocycles. The Hall–Kier alpha value is -1.50. The minimum atomic E-state index is -0.197. The molecule has 0 radical (unpaired) electrons. The van der Waals surface area contributed by atoms with Crippen LogP contribution in [0.1, 0.15) is 12.3 Å². The average molecular weight is 214 g/mol. The highest BCUT2D eigenvalue weighted by atomic mass is 32.1. The van der Waals surface area contributed by atoms with Gasteiger partial charge in [0.1, 0.15) is 0 Å². The van der Waals surface area contributed by atoms with Crippen LogP contribution in [0.2, 0.25) is 0 Å². The van der Waals surface area contributed by atoms with E-state index >= 15 is 0 Å². The summed E-state index contributed by atoms with van der Waals surface area (Å²) in [5, 5.41) is 6.05. The molecule has 1 aromatic rings. The van der Waals surface area contributed by atoms with Gasteiger partial charge in [0.15, 0.2) is 6.33 Å². The Labute approximate surface area is 85.9 Å². The van der Waals surface area contributed by atoms with E-state index in [2.05, 4.69) is 27.7 Å². The van der Waals surface area contributed by atoms with Gasteiger partial charge in [-0.15, -0.1) is 0 Å². The summed E-state index contributed by atoms with van der Waals surface area (Å²) in [6.07, 6.45) is 1.88. The van der Waals surface area contributed by atoms with Gasteiger partial charge in [-0.3, -0.25) is 4.79 Å². The molecule has 0 aliphatic heterocycles. The molecule has 1 aromatic heterocycles. The zero-order valence-electron chi connectivity index (χ0n) is 7.40. The third-order valence-electron chi connectivity index (χ3n) is 1.40. The highest BCUT2D eigenvalue weighted by molar-refractivity contribution is 7.80. The quantitative estimate of drug-likeness (QED) is 0.636. The maximum absolute atomic E-state index is 11.0. The van der Waals surface area contributed by atoms with Gasteiger partial charge in [-0.2, -0.15) is 4.98 Å². The van der Waals surface area contributed by atoms with E-state index in [1.807, 2.05) is 0 Å². The fourth-order valence-corrected chi connectivity index (χ4v) is 0.967. The molecule has 0 aliphatic rings. The molecule has 0 aromatic carbocycles. The van der Waals surface area contributed by atoms with E-state index in [1.165, 1.54) is 6.33 Å². The molecule has 1 amide bonds. The van der Waals surface area contributed by atoms with Crippen molar-refractivity contribution in [2.75, 3.05) is 6.54 Å². The van der Waals surface area contributed by atoms with Crippen LogP contribution in [0.15, 0.2) is 10.9 Å². The predicted octanol–water partition coefficient (Wildman–Crippen LogP) is -0.596. The van der Waals surface area contributed by atoms with Crippen LogP contribution in [0.25, 0.3) is 0 Å². The lowest BCUT2D eigenvalue weighted by Gasteiger charge is -2.01. The molecule has 76 valence electrons. The summed E-state index contributed by atoms with van der Waals surface area (Å²) < 4.78 is 4.73. The lowest BCUT2D eigenvalue weighted by molar-refractivity contribution is -0.119. The van der Waals surface area contributed by atoms with Crippen molar-refractivity contribution in [3.05, 3.63) is 12.2 Å². The maximum atomic E-state index is 11.0. The summed E-state index contributed by atoms with van der Waals surface area (Å²) >= 11 is 4.58. The Kier molecular flexibility index (Phi) is 3.99. The maximum Gasteiger partial charge on any atom is 0.228 e. The fraction of sp³-hybridized carbons (Fsp3) is 0.429. The summed E-state index contributed by atoms with van der Waals surface area (Å²) in [7, 11) is 0. The standard InChI is InChI=1S/C7H10N4O2S/c8-5(14)3-6(12)9-2-1-7-10-4-11-13-7/h4H,1-3H2,(H2,8,14)(H,9,12). The second kappa shape index (κ2) is 5.28. The number of thiocarbonyl (C=S) groups is 1. The summed E-state index contributed by atoms with van der Waals surface area (Å²) in [4.78, 5) is 15.0. The number of nitrogens with two attached hydrogens (primary N) is 1. The molecule has 7 heteroatoms. The van der Waals surface area contributed by atoms with Crippen molar-refractivity contribution < 1.29 is 9.32 Å². The topological polar surface area (TPSA) is 94.0 Å². The lowest BCUT2D eigenvalue weighted by Crippen LogP contribution is -2.29. The number of hydrogen-bond acceptors (Lipinski definition) is 5. The van der Waals surface area contributed by atoms with Crippen molar-refractivity contribution >= 4 is 23.1 Å². The van der Waals surface area contributed by atoms with E-state index in [4.69, 9.17) is 10.3 Å². The van der Waals surface area contributed by atoms with Gasteiger partial charge >= 0.3 is 0 Å². The lowest BCUT2D eigenvalue weighted by atomic mass is 10.3. The van der Waals surface area contributed by atoms with Crippen LogP contribution in [-0.4, -0.2) is 27.6 Å². The van der Waals surface area contributed by atoms with Crippen molar-refractivity contribution in [1.29, 1.82) is 0 Å². The van der Waals surface area contributed by atoms with Crippen LogP contribution in [0.4, 0.5) is 0 Å². The Bertz CT molecular complexity index is 311. The summed E-state index contributed by atoms with van der Waals surface area (Å²) in [5.41, 5.74) is 5.19. The van der Waals surface area contributed by atoms with Crippen molar-refractivity contribution in [2.24, 2.45) is 5.73 Å². The first-order valence-corrected chi connectivity index (χ1v) is 4.40. The van der Waals surface area contributed by atoms with E-state index in [0.717, 1.165) is 0 Å². The molecule has 0 atom stereocenters. The average Bonchev–Trinajstić information content (AvgIpc) is 2.55. The highest BCUT2D eigenvalue weighted by Gasteiger charge is 2.03. The highest BCUT2D eigenvalue weighted by Crippen LogP contribution is 1.90. The first-order chi connectivity index (χ1) is 6.68. The van der Waals surface area contributed by atoms with Crippen molar-refractivity contribution in [2.45, 2.75) is 12.8 Å². The zero-order valence-corrected chi connectivity index (χ0v) is 8.21. The Morgan fingerprint density at radius 3 is 3.07 bits per heavy atom. The number of nitrogens with zero attached hydrogens (tertiary/aromatic N) is 2. The number of hydrogen-bond donors (Lipinski definition) is 2. The van der Waals surface area contributed by atoms with Crippen LogP contribution in [0, 0.1) is 0 Å². The van der Waals surface area contributed by atoms with E-state index in [1.54, 1.807) is 0 Å². The number of nitrogens with one attached hydrogen (secondary N) is 1. The second-order valence-corrected chi connectivity index (χ2v) is 3.10. The summed E-state index contributed by atoms with van der Waals surface area (Å²) in [6.45, 7) is 0.434. The molecule has 0 fully saturated rings. The third kappa shape index (κ3) is 3.94. The molecule has 0 spiro atoms. The van der Waals surface area contributed by atoms with E-state index in [0.29, 0.717) is 18.9 Å². The Morgan fingerprint density at radius 2 is 2.50 bits per heavy atom. The second-order valence-electron chi connectivity index (χ2n) is 2.58. The molecule has 14 heavy (non-hydrogen) atoms. The van der Waals surface area contributed by atoms with Crippen LogP contribution in [0.3, 0.4) is 0 Å². The molecule has 1 heterocycles. The van der Waals surface area contributed by atoms with E-state index < -0.39 is 0 Å². The number of amides is 1. The normalized spacial score (nSPS) is 9.71. The zero-order chi connectivity index (χ0) is 10.4. The van der Waals surface area contributed by atoms with Gasteiger partial charge in [0.25, 0.3) is 0 Å². The van der Waals surface area contributed by atoms with Crippen LogP contribution in [0.5, 0.6) is 0 Å². The van der Waals surface area contributed by atoms with Crippen molar-refractivity contribution in [3.63, 3.8) is 0 Å². The molecule has 0 unspecified atom stereocenters. The smallest absolute Gasteiger partial charge is 0.228 e. The molecule has 0 aliphatic carbocycles. The van der Waals surface area contributed by atoms with Gasteiger partial charge in [-0.05, 0) is 0 Å². The molecule has 6 nitrogen and oxygen atoms in total. The van der Waals surface area contributed by atoms with E-state index in [9.17, 15) is 4.79 Å². The first kappa shape index (κ1) is 10.6. The first-order valence-electron chi connectivity index (χ1n) is 3.99. The summed E-state index contributed by atoms with van der Waals surface area (Å²) in [5.74, 6) is 0.289. The summed E-state index contributed by atoms with van der Waals surface area (Å²) in [6, 6.07) is 0. The van der Waals surface area contributed by atoms with Gasteiger partial charge in [0, 0.05) is 13.0 Å². The number of rotatable bonds is 5. The van der Waals surface area contributed by atoms with E-state index in [-0.39, 0.29) is 17.3 Å². The predicted molar refractivity (Wildman–Crippen MR) is 52.4 cm³/mol. The third-order valence-corrected chi connectivity index (χ3v) is 1.55. The van der Waals surface area contributed by atoms with Gasteiger partial charge in [-0.1, -0.05) is 17.4 Å². The van der Waals surface area contributed by atoms with Gasteiger partial charge < -0.3 is 15.6 Å². The molecular formula is C7H10N4O2S. The largest absolute Gasteiger partial charge is 0.393 e. The minimum Gasteiger partial charge on any atom is -0.393 e. The SMILES string of the molecule is NC(=S)CC(=O)NCCc1ncno1. The minimum absolute atomic E-state index is 0.0686. The van der Waals surface area contributed by atoms with Gasteiger partial charge in [0.2, 0.25) is 11.8 Å². The molecule has 0 saturated carbocycles. The van der Waals surface area contributed by atoms with Crippen LogP contribution in [-0.2, 0) is 11.2 Å².